The van der Waals surface area contributed by atoms with Gasteiger partial charge < -0.3 is 10.5 Å². The molecule has 5 rings (SSSR count). The average molecular weight is 410 g/mol. The van der Waals surface area contributed by atoms with Gasteiger partial charge in [0.25, 0.3) is 0 Å². The summed E-state index contributed by atoms with van der Waals surface area (Å²) in [5.74, 6) is 0.695. The van der Waals surface area contributed by atoms with Crippen molar-refractivity contribution in [2.45, 2.75) is 62.3 Å². The minimum atomic E-state index is -3.59. The van der Waals surface area contributed by atoms with E-state index in [1.807, 2.05) is 0 Å². The molecule has 4 fully saturated rings. The number of benzene rings is 1. The van der Waals surface area contributed by atoms with Gasteiger partial charge in [0.05, 0.1) is 10.8 Å². The maximum Gasteiger partial charge on any atom is 0.214 e. The molecular weight excluding hydrogens is 381 g/mol. The van der Waals surface area contributed by atoms with Crippen LogP contribution >= 0.6 is 0 Å². The van der Waals surface area contributed by atoms with Crippen molar-refractivity contribution in [2.75, 3.05) is 0 Å². The molecule has 6 nitrogen and oxygen atoms in total. The van der Waals surface area contributed by atoms with Crippen LogP contribution in [0.4, 0.5) is 4.39 Å². The van der Waals surface area contributed by atoms with Crippen molar-refractivity contribution in [1.29, 1.82) is 0 Å². The molecular formula is C20H28FN3O3S. The second-order valence-electron chi connectivity index (χ2n) is 9.25. The monoisotopic (exact) mass is 409 g/mol. The number of hydrogen-bond acceptors (Lipinski definition) is 4. The molecule has 2 atom stereocenters. The van der Waals surface area contributed by atoms with Crippen LogP contribution in [0.3, 0.4) is 0 Å². The Bertz CT molecular complexity index is 899. The first-order valence-corrected chi connectivity index (χ1v) is 11.3. The van der Waals surface area contributed by atoms with E-state index < -0.39 is 26.2 Å². The number of nitrogens with zero attached hydrogens (tertiary/aromatic N) is 1. The van der Waals surface area contributed by atoms with Gasteiger partial charge in [-0.25, -0.2) is 17.9 Å². The lowest BCUT2D eigenvalue weighted by Crippen LogP contribution is -2.61. The van der Waals surface area contributed by atoms with Gasteiger partial charge in [-0.2, -0.15) is 0 Å². The van der Waals surface area contributed by atoms with Gasteiger partial charge in [-0.1, -0.05) is 12.1 Å². The average Bonchev–Trinajstić information content (AvgIpc) is 2.58. The summed E-state index contributed by atoms with van der Waals surface area (Å²) in [6, 6.07) is 6.16. The number of hydrogen-bond donors (Lipinski definition) is 2. The summed E-state index contributed by atoms with van der Waals surface area (Å²) in [5.41, 5.74) is 5.33. The van der Waals surface area contributed by atoms with Gasteiger partial charge >= 0.3 is 0 Å². The second kappa shape index (κ2) is 6.42. The highest BCUT2D eigenvalue weighted by atomic mass is 32.2. The highest BCUT2D eigenvalue weighted by molar-refractivity contribution is 7.90. The highest BCUT2D eigenvalue weighted by Gasteiger charge is 2.60. The normalized spacial score (nSPS) is 35.2. The Labute approximate surface area is 165 Å². The summed E-state index contributed by atoms with van der Waals surface area (Å²) in [7, 11) is -3.59. The van der Waals surface area contributed by atoms with Crippen LogP contribution in [0.25, 0.3) is 0 Å². The van der Waals surface area contributed by atoms with E-state index in [0.29, 0.717) is 31.0 Å². The third-order valence-corrected chi connectivity index (χ3v) is 8.58. The standard InChI is InChI=1S/C20H28FN3O3S/c1-19(2,27-16-6-4-3-5-15(16)21)18(22)24-17-13-7-12-8-14(17)11-20(9-12,10-13)28(23,25)26/h3-6,12-14,17H,7-11H2,1-2H3,(H2,22,24)(H2,23,25,26). The maximum atomic E-state index is 14.0. The van der Waals surface area contributed by atoms with Crippen LogP contribution in [0.1, 0.15) is 46.0 Å². The quantitative estimate of drug-likeness (QED) is 0.575. The molecule has 0 amide bonds. The van der Waals surface area contributed by atoms with E-state index in [9.17, 15) is 12.8 Å². The molecule has 0 heterocycles. The lowest BCUT2D eigenvalue weighted by molar-refractivity contribution is 0.0138. The predicted molar refractivity (Wildman–Crippen MR) is 106 cm³/mol. The first-order chi connectivity index (χ1) is 13.0. The number of ether oxygens (including phenoxy) is 1. The molecule has 1 aromatic carbocycles. The topological polar surface area (TPSA) is 108 Å². The Morgan fingerprint density at radius 2 is 1.82 bits per heavy atom. The third kappa shape index (κ3) is 3.20. The zero-order valence-corrected chi connectivity index (χ0v) is 17.1. The maximum absolute atomic E-state index is 14.0. The molecule has 8 heteroatoms. The number of rotatable bonds is 5. The summed E-state index contributed by atoms with van der Waals surface area (Å²) in [4.78, 5) is 4.80. The molecule has 0 saturated heterocycles. The van der Waals surface area contributed by atoms with E-state index in [4.69, 9.17) is 20.6 Å². The fraction of sp³-hybridized carbons (Fsp3) is 0.650. The number of primary sulfonamides is 1. The third-order valence-electron chi connectivity index (χ3n) is 6.88. The Hall–Kier alpha value is -1.67. The van der Waals surface area contributed by atoms with Gasteiger partial charge in [0.1, 0.15) is 5.84 Å². The Balaban J connectivity index is 1.57. The van der Waals surface area contributed by atoms with Crippen molar-refractivity contribution >= 4 is 15.9 Å². The Morgan fingerprint density at radius 1 is 1.21 bits per heavy atom. The summed E-state index contributed by atoms with van der Waals surface area (Å²) in [6.07, 6.45) is 3.70. The second-order valence-corrected chi connectivity index (χ2v) is 11.2. The first kappa shape index (κ1) is 19.6. The minimum Gasteiger partial charge on any atom is -0.477 e. The van der Waals surface area contributed by atoms with E-state index in [0.717, 1.165) is 12.8 Å². The summed E-state index contributed by atoms with van der Waals surface area (Å²) in [5, 5.41) is 5.61. The first-order valence-electron chi connectivity index (χ1n) is 9.80. The van der Waals surface area contributed by atoms with Gasteiger partial charge in [0.15, 0.2) is 17.2 Å². The molecule has 4 N–H and O–H groups in total. The molecule has 4 aliphatic carbocycles. The van der Waals surface area contributed by atoms with Crippen LogP contribution in [0.5, 0.6) is 5.75 Å². The Morgan fingerprint density at radius 3 is 2.39 bits per heavy atom. The van der Waals surface area contributed by atoms with Gasteiger partial charge in [0, 0.05) is 0 Å². The molecule has 2 unspecified atom stereocenters. The number of para-hydroxylation sites is 1. The molecule has 154 valence electrons. The SMILES string of the molecule is CC(C)(Oc1ccccc1F)C(N)=NC1C2CC3CC1CC(S(N)(=O)=O)(C3)C2. The summed E-state index contributed by atoms with van der Waals surface area (Å²) in [6.45, 7) is 3.53. The van der Waals surface area contributed by atoms with Crippen LogP contribution in [0.15, 0.2) is 29.3 Å². The Kier molecular flexibility index (Phi) is 4.50. The number of amidine groups is 1. The fourth-order valence-electron chi connectivity index (χ4n) is 5.65. The van der Waals surface area contributed by atoms with Crippen molar-refractivity contribution in [1.82, 2.24) is 0 Å². The van der Waals surface area contributed by atoms with Gasteiger partial charge in [0.2, 0.25) is 10.0 Å². The van der Waals surface area contributed by atoms with Crippen LogP contribution in [-0.4, -0.2) is 30.6 Å². The smallest absolute Gasteiger partial charge is 0.214 e. The highest BCUT2D eigenvalue weighted by Crippen LogP contribution is 2.59. The fourth-order valence-corrected chi connectivity index (χ4v) is 7.01. The molecule has 0 spiro atoms. The summed E-state index contributed by atoms with van der Waals surface area (Å²) < 4.78 is 43.5. The lowest BCUT2D eigenvalue weighted by Gasteiger charge is -2.57. The molecule has 4 bridgehead atoms. The van der Waals surface area contributed by atoms with Gasteiger partial charge in [-0.05, 0) is 75.8 Å². The molecule has 1 aromatic rings. The molecule has 0 aliphatic heterocycles. The zero-order chi connectivity index (χ0) is 20.3. The molecule has 28 heavy (non-hydrogen) atoms. The minimum absolute atomic E-state index is 0.0325. The van der Waals surface area contributed by atoms with Gasteiger partial charge in [-0.3, -0.25) is 4.99 Å². The van der Waals surface area contributed by atoms with Crippen molar-refractivity contribution in [3.63, 3.8) is 0 Å². The number of halogens is 1. The van der Waals surface area contributed by atoms with Crippen LogP contribution in [-0.2, 0) is 10.0 Å². The van der Waals surface area contributed by atoms with Crippen molar-refractivity contribution in [3.05, 3.63) is 30.1 Å². The van der Waals surface area contributed by atoms with Gasteiger partial charge in [-0.15, -0.1) is 0 Å². The molecule has 4 aliphatic rings. The number of nitrogens with two attached hydrogens (primary N) is 2. The van der Waals surface area contributed by atoms with E-state index in [2.05, 4.69) is 0 Å². The van der Waals surface area contributed by atoms with Crippen molar-refractivity contribution in [3.8, 4) is 5.75 Å². The number of sulfonamides is 1. The largest absolute Gasteiger partial charge is 0.477 e. The van der Waals surface area contributed by atoms with Crippen LogP contribution < -0.4 is 15.6 Å². The van der Waals surface area contributed by atoms with Crippen molar-refractivity contribution in [2.24, 2.45) is 33.6 Å². The van der Waals surface area contributed by atoms with Crippen LogP contribution in [0.2, 0.25) is 0 Å². The summed E-state index contributed by atoms with van der Waals surface area (Å²) >= 11 is 0. The predicted octanol–water partition coefficient (Wildman–Crippen LogP) is 2.58. The van der Waals surface area contributed by atoms with E-state index in [1.165, 1.54) is 6.07 Å². The molecule has 0 radical (unpaired) electrons. The van der Waals surface area contributed by atoms with E-state index in [-0.39, 0.29) is 23.6 Å². The lowest BCUT2D eigenvalue weighted by atomic mass is 9.54. The molecule has 0 aromatic heterocycles. The zero-order valence-electron chi connectivity index (χ0n) is 16.3. The van der Waals surface area contributed by atoms with Crippen molar-refractivity contribution < 1.29 is 17.5 Å². The molecule has 4 saturated carbocycles. The number of aliphatic imine (C=N–C) groups is 1. The van der Waals surface area contributed by atoms with E-state index in [1.54, 1.807) is 32.0 Å². The van der Waals surface area contributed by atoms with E-state index >= 15 is 0 Å². The van der Waals surface area contributed by atoms with Crippen LogP contribution in [0, 0.1) is 23.6 Å².